The number of carbonyl (C=O) groups is 1. The van der Waals surface area contributed by atoms with Crippen LogP contribution >= 0.6 is 0 Å². The second-order valence-electron chi connectivity index (χ2n) is 4.21. The third kappa shape index (κ3) is 8.43. The fraction of sp³-hybridized carbons (Fsp3) is 0.462. The van der Waals surface area contributed by atoms with Crippen LogP contribution in [0.25, 0.3) is 0 Å². The number of ether oxygens (including phenoxy) is 2. The Morgan fingerprint density at radius 2 is 1.76 bits per heavy atom. The van der Waals surface area contributed by atoms with Crippen molar-refractivity contribution >= 4 is 45.8 Å². The van der Waals surface area contributed by atoms with Crippen LogP contribution < -0.4 is 4.74 Å². The summed E-state index contributed by atoms with van der Waals surface area (Å²) in [5.74, 6) is 0.149. The van der Waals surface area contributed by atoms with Crippen LogP contribution in [0.4, 0.5) is 4.79 Å². The summed E-state index contributed by atoms with van der Waals surface area (Å²) in [5, 5.41) is 0. The van der Waals surface area contributed by atoms with Crippen molar-refractivity contribution < 1.29 is 27.2 Å². The van der Waals surface area contributed by atoms with E-state index in [1.165, 1.54) is 12.1 Å². The molecule has 0 atom stereocenters. The Hall–Kier alpha value is -0.600. The van der Waals surface area contributed by atoms with Crippen molar-refractivity contribution in [3.63, 3.8) is 0 Å². The van der Waals surface area contributed by atoms with Crippen LogP contribution in [0.15, 0.2) is 29.2 Å². The van der Waals surface area contributed by atoms with Gasteiger partial charge in [-0.15, -0.1) is 0 Å². The van der Waals surface area contributed by atoms with E-state index in [-0.39, 0.29) is 40.2 Å². The molecule has 0 heterocycles. The van der Waals surface area contributed by atoms with Crippen LogP contribution in [0.1, 0.15) is 32.6 Å². The average Bonchev–Trinajstić information content (AvgIpc) is 2.38. The minimum absolute atomic E-state index is 0. The molecule has 0 spiro atoms. The van der Waals surface area contributed by atoms with Crippen LogP contribution in [0.2, 0.25) is 0 Å². The van der Waals surface area contributed by atoms with Gasteiger partial charge in [-0.2, -0.15) is 8.42 Å². The minimum atomic E-state index is -4.24. The molecule has 1 aromatic rings. The van der Waals surface area contributed by atoms with E-state index in [4.69, 9.17) is 14.0 Å². The predicted octanol–water partition coefficient (Wildman–Crippen LogP) is 2.38. The van der Waals surface area contributed by atoms with E-state index >= 15 is 0 Å². The molecule has 0 aliphatic rings. The first-order valence-electron chi connectivity index (χ1n) is 6.35. The standard InChI is InChI=1S/C13H18O6S.Na.H/c1-2-3-4-5-10-18-13(14)19-11-6-8-12(9-7-11)20(15,16)17;;/h6-9H,2-5,10H2,1H3,(H,15,16,17);;. The van der Waals surface area contributed by atoms with Gasteiger partial charge in [-0.25, -0.2) is 4.79 Å². The number of benzene rings is 1. The van der Waals surface area contributed by atoms with E-state index < -0.39 is 16.3 Å². The molecule has 0 aliphatic carbocycles. The summed E-state index contributed by atoms with van der Waals surface area (Å²) in [7, 11) is -4.24. The molecular formula is C13H19NaO6S. The molecule has 0 aliphatic heterocycles. The first-order valence-corrected chi connectivity index (χ1v) is 7.79. The summed E-state index contributed by atoms with van der Waals surface area (Å²) in [6, 6.07) is 4.81. The number of hydrogen-bond donors (Lipinski definition) is 1. The third-order valence-corrected chi connectivity index (χ3v) is 3.41. The molecular weight excluding hydrogens is 307 g/mol. The molecule has 8 heteroatoms. The first kappa shape index (κ1) is 20.4. The van der Waals surface area contributed by atoms with Gasteiger partial charge in [0.2, 0.25) is 0 Å². The zero-order chi connectivity index (χ0) is 15.0. The molecule has 114 valence electrons. The third-order valence-electron chi connectivity index (χ3n) is 2.54. The van der Waals surface area contributed by atoms with E-state index in [0.717, 1.165) is 37.8 Å². The summed E-state index contributed by atoms with van der Waals surface area (Å²) < 4.78 is 40.1. The average molecular weight is 326 g/mol. The number of unbranched alkanes of at least 4 members (excludes halogenated alkanes) is 3. The molecule has 0 unspecified atom stereocenters. The summed E-state index contributed by atoms with van der Waals surface area (Å²) >= 11 is 0. The molecule has 0 radical (unpaired) electrons. The molecule has 0 saturated carbocycles. The zero-order valence-electron chi connectivity index (χ0n) is 11.2. The fourth-order valence-electron chi connectivity index (χ4n) is 1.49. The van der Waals surface area contributed by atoms with Gasteiger partial charge in [-0.1, -0.05) is 26.2 Å². The molecule has 0 amide bonds. The van der Waals surface area contributed by atoms with E-state index in [9.17, 15) is 13.2 Å². The van der Waals surface area contributed by atoms with Crippen LogP contribution in [-0.4, -0.2) is 55.3 Å². The van der Waals surface area contributed by atoms with Crippen LogP contribution in [0.3, 0.4) is 0 Å². The summed E-state index contributed by atoms with van der Waals surface area (Å²) in [6.07, 6.45) is 3.14. The van der Waals surface area contributed by atoms with E-state index in [2.05, 4.69) is 6.92 Å². The molecule has 0 fully saturated rings. The Bertz CT molecular complexity index is 526. The van der Waals surface area contributed by atoms with Gasteiger partial charge in [-0.05, 0) is 30.7 Å². The Morgan fingerprint density at radius 3 is 2.29 bits per heavy atom. The molecule has 0 saturated heterocycles. The number of rotatable bonds is 7. The summed E-state index contributed by atoms with van der Waals surface area (Å²) in [4.78, 5) is 11.0. The van der Waals surface area contributed by atoms with Crippen LogP contribution in [-0.2, 0) is 14.9 Å². The molecule has 1 rings (SSSR count). The number of hydrogen-bond acceptors (Lipinski definition) is 5. The second-order valence-corrected chi connectivity index (χ2v) is 5.63. The number of carbonyl (C=O) groups excluding carboxylic acids is 1. The van der Waals surface area contributed by atoms with Crippen LogP contribution in [0, 0.1) is 0 Å². The maximum absolute atomic E-state index is 11.3. The van der Waals surface area contributed by atoms with Crippen molar-refractivity contribution in [2.24, 2.45) is 0 Å². The topological polar surface area (TPSA) is 89.9 Å². The molecule has 1 N–H and O–H groups in total. The normalized spacial score (nSPS) is 10.6. The van der Waals surface area contributed by atoms with Crippen LogP contribution in [0.5, 0.6) is 5.75 Å². The molecule has 1 aromatic carbocycles. The van der Waals surface area contributed by atoms with Gasteiger partial charge in [0.05, 0.1) is 11.5 Å². The molecule has 0 aromatic heterocycles. The predicted molar refractivity (Wildman–Crippen MR) is 79.5 cm³/mol. The monoisotopic (exact) mass is 326 g/mol. The molecule has 0 bridgehead atoms. The van der Waals surface area contributed by atoms with Gasteiger partial charge in [0, 0.05) is 0 Å². The first-order chi connectivity index (χ1) is 9.43. The quantitative estimate of drug-likeness (QED) is 0.272. The van der Waals surface area contributed by atoms with Gasteiger partial charge < -0.3 is 9.47 Å². The maximum atomic E-state index is 11.3. The Labute approximate surface area is 146 Å². The Balaban J connectivity index is 0.00000400. The van der Waals surface area contributed by atoms with E-state index in [1.54, 1.807) is 0 Å². The van der Waals surface area contributed by atoms with Crippen molar-refractivity contribution in [3.8, 4) is 5.75 Å². The van der Waals surface area contributed by atoms with Crippen molar-refractivity contribution in [2.75, 3.05) is 6.61 Å². The Morgan fingerprint density at radius 1 is 1.14 bits per heavy atom. The van der Waals surface area contributed by atoms with Crippen molar-refractivity contribution in [3.05, 3.63) is 24.3 Å². The summed E-state index contributed by atoms with van der Waals surface area (Å²) in [6.45, 7) is 2.38. The molecule has 6 nitrogen and oxygen atoms in total. The van der Waals surface area contributed by atoms with Gasteiger partial charge >= 0.3 is 35.7 Å². The Kier molecular flexibility index (Phi) is 9.89. The van der Waals surface area contributed by atoms with E-state index in [1.807, 2.05) is 0 Å². The zero-order valence-corrected chi connectivity index (χ0v) is 12.1. The van der Waals surface area contributed by atoms with Gasteiger partial charge in [0.1, 0.15) is 5.75 Å². The fourth-order valence-corrected chi connectivity index (χ4v) is 1.97. The van der Waals surface area contributed by atoms with E-state index in [0.29, 0.717) is 6.61 Å². The van der Waals surface area contributed by atoms with Gasteiger partial charge in [0.15, 0.2) is 0 Å². The van der Waals surface area contributed by atoms with Gasteiger partial charge in [-0.3, -0.25) is 4.55 Å². The van der Waals surface area contributed by atoms with Crippen molar-refractivity contribution in [2.45, 2.75) is 37.5 Å². The van der Waals surface area contributed by atoms with Gasteiger partial charge in [0.25, 0.3) is 10.1 Å². The van der Waals surface area contributed by atoms with Crippen molar-refractivity contribution in [1.29, 1.82) is 0 Å². The second kappa shape index (κ2) is 10.2. The van der Waals surface area contributed by atoms with Crippen molar-refractivity contribution in [1.82, 2.24) is 0 Å². The molecule has 21 heavy (non-hydrogen) atoms. The SMILES string of the molecule is CCCCCCOC(=O)Oc1ccc(S(=O)(=O)O)cc1.[NaH]. The summed E-state index contributed by atoms with van der Waals surface area (Å²) in [5.41, 5.74) is 0.